The maximum atomic E-state index is 8.88. The minimum atomic E-state index is 0.196. The first-order valence-corrected chi connectivity index (χ1v) is 8.12. The highest BCUT2D eigenvalue weighted by atomic mass is 16.2. The second-order valence-corrected chi connectivity index (χ2v) is 5.42. The number of hydrogen-bond acceptors (Lipinski definition) is 1. The van der Waals surface area contributed by atoms with Crippen LogP contribution in [-0.4, -0.2) is 11.7 Å². The third kappa shape index (κ3) is 12.2. The van der Waals surface area contributed by atoms with Crippen molar-refractivity contribution in [3.8, 4) is 0 Å². The first-order chi connectivity index (χ1) is 8.85. The molecule has 0 aromatic carbocycles. The summed E-state index contributed by atoms with van der Waals surface area (Å²) in [5, 5.41) is 8.88. The molecule has 0 spiro atoms. The molecule has 0 fully saturated rings. The first kappa shape index (κ1) is 17.7. The molecule has 18 heavy (non-hydrogen) atoms. The second-order valence-electron chi connectivity index (χ2n) is 5.42. The lowest BCUT2D eigenvalue weighted by Crippen LogP contribution is -1.98. The molecule has 0 aromatic heterocycles. The van der Waals surface area contributed by atoms with E-state index >= 15 is 0 Å². The maximum Gasteiger partial charge on any atom is 0.0612 e. The number of aliphatic hydroxyl groups excluding tert-OH is 1. The van der Waals surface area contributed by atoms with Crippen LogP contribution in [0.4, 0.5) is 0 Å². The summed E-state index contributed by atoms with van der Waals surface area (Å²) in [5.74, 6) is 0.704. The number of rotatable bonds is 13. The minimum Gasteiger partial charge on any atom is -0.392 e. The van der Waals surface area contributed by atoms with Crippen molar-refractivity contribution in [2.75, 3.05) is 6.61 Å². The zero-order valence-corrected chi connectivity index (χ0v) is 12.7. The van der Waals surface area contributed by atoms with Gasteiger partial charge in [-0.25, -0.2) is 0 Å². The molecule has 1 unspecified atom stereocenters. The Labute approximate surface area is 115 Å². The topological polar surface area (TPSA) is 20.2 Å². The third-order valence-corrected chi connectivity index (χ3v) is 3.62. The summed E-state index contributed by atoms with van der Waals surface area (Å²) in [4.78, 5) is 0. The van der Waals surface area contributed by atoms with E-state index in [-0.39, 0.29) is 6.61 Å². The van der Waals surface area contributed by atoms with Crippen molar-refractivity contribution in [1.29, 1.82) is 0 Å². The van der Waals surface area contributed by atoms with Crippen molar-refractivity contribution >= 4 is 0 Å². The Bertz CT molecular complexity index is 174. The van der Waals surface area contributed by atoms with E-state index in [4.69, 9.17) is 5.11 Å². The van der Waals surface area contributed by atoms with Crippen LogP contribution in [0.25, 0.3) is 0 Å². The Morgan fingerprint density at radius 2 is 1.28 bits per heavy atom. The molecule has 0 amide bonds. The molecular formula is C17H34O. The predicted molar refractivity (Wildman–Crippen MR) is 81.9 cm³/mol. The van der Waals surface area contributed by atoms with Crippen LogP contribution in [0.15, 0.2) is 12.2 Å². The van der Waals surface area contributed by atoms with Gasteiger partial charge in [-0.3, -0.25) is 0 Å². The van der Waals surface area contributed by atoms with Crippen molar-refractivity contribution in [3.05, 3.63) is 12.2 Å². The molecule has 0 bridgehead atoms. The first-order valence-electron chi connectivity index (χ1n) is 8.12. The zero-order valence-electron chi connectivity index (χ0n) is 12.7. The summed E-state index contributed by atoms with van der Waals surface area (Å²) in [6.45, 7) is 4.72. The van der Waals surface area contributed by atoms with Gasteiger partial charge in [0.2, 0.25) is 0 Å². The van der Waals surface area contributed by atoms with Gasteiger partial charge in [0.1, 0.15) is 0 Å². The smallest absolute Gasteiger partial charge is 0.0612 e. The molecule has 1 N–H and O–H groups in total. The molecule has 0 aromatic rings. The third-order valence-electron chi connectivity index (χ3n) is 3.62. The van der Waals surface area contributed by atoms with Crippen molar-refractivity contribution in [2.45, 2.75) is 84.5 Å². The summed E-state index contributed by atoms with van der Waals surface area (Å²) in [5.41, 5.74) is 0. The fourth-order valence-electron chi connectivity index (χ4n) is 2.43. The highest BCUT2D eigenvalue weighted by molar-refractivity contribution is 4.88. The fourth-order valence-corrected chi connectivity index (χ4v) is 2.43. The number of hydrogen-bond donors (Lipinski definition) is 1. The Balaban J connectivity index is 3.66. The highest BCUT2D eigenvalue weighted by Crippen LogP contribution is 2.19. The van der Waals surface area contributed by atoms with Crippen LogP contribution in [0.5, 0.6) is 0 Å². The molecule has 0 saturated heterocycles. The number of allylic oxidation sites excluding steroid dienone is 1. The van der Waals surface area contributed by atoms with Gasteiger partial charge in [0.05, 0.1) is 6.61 Å². The molecule has 0 aliphatic rings. The van der Waals surface area contributed by atoms with E-state index in [1.807, 2.05) is 6.08 Å². The van der Waals surface area contributed by atoms with Crippen LogP contribution in [0.3, 0.4) is 0 Å². The van der Waals surface area contributed by atoms with Crippen molar-refractivity contribution in [2.24, 2.45) is 5.92 Å². The lowest BCUT2D eigenvalue weighted by atomic mass is 9.94. The quantitative estimate of drug-likeness (QED) is 0.341. The van der Waals surface area contributed by atoms with E-state index in [1.165, 1.54) is 70.6 Å². The van der Waals surface area contributed by atoms with Crippen LogP contribution in [0.2, 0.25) is 0 Å². The second kappa shape index (κ2) is 14.8. The summed E-state index contributed by atoms with van der Waals surface area (Å²) >= 11 is 0. The lowest BCUT2D eigenvalue weighted by Gasteiger charge is -2.12. The van der Waals surface area contributed by atoms with Gasteiger partial charge in [0, 0.05) is 0 Å². The van der Waals surface area contributed by atoms with Crippen LogP contribution in [0.1, 0.15) is 84.5 Å². The zero-order chi connectivity index (χ0) is 13.5. The monoisotopic (exact) mass is 254 g/mol. The van der Waals surface area contributed by atoms with E-state index in [2.05, 4.69) is 19.9 Å². The molecule has 0 radical (unpaired) electrons. The molecule has 0 aliphatic heterocycles. The standard InChI is InChI=1S/C17H34O/c1-3-5-7-9-11-14-17(15-12-16-18)13-10-8-6-4-2/h12,15,17-18H,3-11,13-14,16H2,1-2H3/b15-12+. The lowest BCUT2D eigenvalue weighted by molar-refractivity contribution is 0.341. The molecule has 0 heterocycles. The van der Waals surface area contributed by atoms with Crippen molar-refractivity contribution in [3.63, 3.8) is 0 Å². The Hall–Kier alpha value is -0.300. The van der Waals surface area contributed by atoms with E-state index in [9.17, 15) is 0 Å². The predicted octanol–water partition coefficient (Wildman–Crippen LogP) is 5.48. The maximum absolute atomic E-state index is 8.88. The summed E-state index contributed by atoms with van der Waals surface area (Å²) in [6, 6.07) is 0. The molecule has 108 valence electrons. The Morgan fingerprint density at radius 3 is 1.78 bits per heavy atom. The van der Waals surface area contributed by atoms with Gasteiger partial charge < -0.3 is 5.11 Å². The molecule has 0 saturated carbocycles. The normalized spacial score (nSPS) is 13.3. The van der Waals surface area contributed by atoms with Gasteiger partial charge in [0.15, 0.2) is 0 Å². The van der Waals surface area contributed by atoms with Crippen LogP contribution < -0.4 is 0 Å². The largest absolute Gasteiger partial charge is 0.392 e. The van der Waals surface area contributed by atoms with Crippen molar-refractivity contribution in [1.82, 2.24) is 0 Å². The molecular weight excluding hydrogens is 220 g/mol. The molecule has 1 nitrogen and oxygen atoms in total. The summed E-state index contributed by atoms with van der Waals surface area (Å²) < 4.78 is 0. The Morgan fingerprint density at radius 1 is 0.778 bits per heavy atom. The van der Waals surface area contributed by atoms with Gasteiger partial charge in [0.25, 0.3) is 0 Å². The fraction of sp³-hybridized carbons (Fsp3) is 0.882. The van der Waals surface area contributed by atoms with E-state index < -0.39 is 0 Å². The van der Waals surface area contributed by atoms with Crippen LogP contribution >= 0.6 is 0 Å². The van der Waals surface area contributed by atoms with Gasteiger partial charge in [-0.1, -0.05) is 83.8 Å². The van der Waals surface area contributed by atoms with E-state index in [1.54, 1.807) is 0 Å². The molecule has 0 aliphatic carbocycles. The number of aliphatic hydroxyl groups is 1. The molecule has 1 heteroatoms. The van der Waals surface area contributed by atoms with Crippen molar-refractivity contribution < 1.29 is 5.11 Å². The van der Waals surface area contributed by atoms with Gasteiger partial charge in [-0.15, -0.1) is 0 Å². The van der Waals surface area contributed by atoms with Crippen LogP contribution in [0, 0.1) is 5.92 Å². The van der Waals surface area contributed by atoms with E-state index in [0.717, 1.165) is 0 Å². The summed E-state index contributed by atoms with van der Waals surface area (Å²) in [7, 11) is 0. The highest BCUT2D eigenvalue weighted by Gasteiger charge is 2.04. The van der Waals surface area contributed by atoms with E-state index in [0.29, 0.717) is 5.92 Å². The molecule has 0 rings (SSSR count). The minimum absolute atomic E-state index is 0.196. The summed E-state index contributed by atoms with van der Waals surface area (Å²) in [6.07, 6.45) is 19.0. The van der Waals surface area contributed by atoms with Gasteiger partial charge in [-0.05, 0) is 18.8 Å². The average molecular weight is 254 g/mol. The van der Waals surface area contributed by atoms with Gasteiger partial charge >= 0.3 is 0 Å². The molecule has 1 atom stereocenters. The average Bonchev–Trinajstić information content (AvgIpc) is 2.39. The SMILES string of the molecule is CCCCCCCC(/C=C/CO)CCCCCC. The van der Waals surface area contributed by atoms with Gasteiger partial charge in [-0.2, -0.15) is 0 Å². The van der Waals surface area contributed by atoms with Crippen LogP contribution in [-0.2, 0) is 0 Å². The number of unbranched alkanes of at least 4 members (excludes halogenated alkanes) is 7. The Kier molecular flexibility index (Phi) is 14.5.